The van der Waals surface area contributed by atoms with Crippen LogP contribution in [-0.2, 0) is 9.47 Å². The molecule has 2 saturated heterocycles. The highest BCUT2D eigenvalue weighted by Crippen LogP contribution is 1.96. The van der Waals surface area contributed by atoms with Crippen LogP contribution in [0, 0.1) is 0 Å². The summed E-state index contributed by atoms with van der Waals surface area (Å²) in [7, 11) is 1.72. The van der Waals surface area contributed by atoms with Crippen LogP contribution in [0.3, 0.4) is 0 Å². The Labute approximate surface area is 75.8 Å². The van der Waals surface area contributed by atoms with Crippen LogP contribution in [0.4, 0.5) is 9.59 Å². The van der Waals surface area contributed by atoms with Gasteiger partial charge in [0.1, 0.15) is 13.2 Å². The summed E-state index contributed by atoms with van der Waals surface area (Å²) in [6, 6.07) is 0. The Morgan fingerprint density at radius 1 is 1.31 bits per heavy atom. The van der Waals surface area contributed by atoms with Crippen LogP contribution >= 0.6 is 0 Å². The quantitative estimate of drug-likeness (QED) is 0.571. The van der Waals surface area contributed by atoms with E-state index < -0.39 is 0 Å². The zero-order valence-electron chi connectivity index (χ0n) is 7.41. The fraction of sp³-hybridized carbons (Fsp3) is 0.714. The number of amides is 2. The minimum atomic E-state index is -0.296. The molecule has 0 aliphatic carbocycles. The number of likely N-dealkylation sites (N-methyl/N-ethyl adjacent to an activating group) is 1. The van der Waals surface area contributed by atoms with Gasteiger partial charge in [-0.25, -0.2) is 9.59 Å². The largest absolute Gasteiger partial charge is 0.448 e. The first-order valence-corrected chi connectivity index (χ1v) is 3.98. The van der Waals surface area contributed by atoms with Crippen molar-refractivity contribution >= 4 is 12.2 Å². The highest BCUT2D eigenvalue weighted by Gasteiger charge is 2.15. The van der Waals surface area contributed by atoms with Gasteiger partial charge in [-0.1, -0.05) is 0 Å². The molecule has 74 valence electrons. The molecule has 0 unspecified atom stereocenters. The van der Waals surface area contributed by atoms with Gasteiger partial charge in [-0.3, -0.25) is 0 Å². The number of ether oxygens (including phenoxy) is 2. The Hall–Kier alpha value is -1.46. The van der Waals surface area contributed by atoms with Crippen molar-refractivity contribution in [1.29, 1.82) is 0 Å². The van der Waals surface area contributed by atoms with Gasteiger partial charge in [-0.15, -0.1) is 0 Å². The molecule has 2 aliphatic rings. The second-order valence-electron chi connectivity index (χ2n) is 2.60. The molecule has 0 aromatic carbocycles. The molecule has 2 aliphatic heterocycles. The summed E-state index contributed by atoms with van der Waals surface area (Å²) in [6.45, 7) is 2.48. The van der Waals surface area contributed by atoms with E-state index in [0.717, 1.165) is 6.54 Å². The van der Waals surface area contributed by atoms with Crippen molar-refractivity contribution in [2.75, 3.05) is 33.4 Å². The lowest BCUT2D eigenvalue weighted by molar-refractivity contribution is 0.163. The van der Waals surface area contributed by atoms with Gasteiger partial charge in [-0.2, -0.15) is 0 Å². The van der Waals surface area contributed by atoms with Gasteiger partial charge in [0.25, 0.3) is 0 Å². The van der Waals surface area contributed by atoms with Crippen molar-refractivity contribution < 1.29 is 19.1 Å². The standard InChI is InChI=1S/C4H7NO2.C3H5NO2/c1-5-2-3-7-4(5)6;5-3-4-1-2-6-3/h2-3H2,1H3;1-2H2,(H,4,5). The number of nitrogens with one attached hydrogen (secondary N) is 1. The summed E-state index contributed by atoms with van der Waals surface area (Å²) < 4.78 is 8.95. The molecule has 2 amide bonds. The molecule has 2 rings (SSSR count). The van der Waals surface area contributed by atoms with Gasteiger partial charge in [0.2, 0.25) is 0 Å². The maximum absolute atomic E-state index is 10.3. The predicted octanol–water partition coefficient (Wildman–Crippen LogP) is -0.205. The SMILES string of the molecule is CN1CCOC1=O.O=C1NCCO1. The average molecular weight is 188 g/mol. The number of cyclic esters (lactones) is 2. The van der Waals surface area contributed by atoms with E-state index >= 15 is 0 Å². The third-order valence-corrected chi connectivity index (χ3v) is 1.57. The first-order chi connectivity index (χ1) is 6.20. The molecule has 6 nitrogen and oxygen atoms in total. The lowest BCUT2D eigenvalue weighted by Gasteiger charge is -1.98. The summed E-state index contributed by atoms with van der Waals surface area (Å²) in [6.07, 6.45) is -0.505. The molecule has 6 heteroatoms. The average Bonchev–Trinajstić information content (AvgIpc) is 2.67. The summed E-state index contributed by atoms with van der Waals surface area (Å²) in [5.41, 5.74) is 0. The Morgan fingerprint density at radius 2 is 2.08 bits per heavy atom. The summed E-state index contributed by atoms with van der Waals surface area (Å²) in [4.78, 5) is 21.7. The van der Waals surface area contributed by atoms with Gasteiger partial charge in [0, 0.05) is 7.05 Å². The van der Waals surface area contributed by atoms with E-state index in [1.54, 1.807) is 11.9 Å². The zero-order chi connectivity index (χ0) is 9.68. The minimum Gasteiger partial charge on any atom is -0.448 e. The molecule has 0 bridgehead atoms. The van der Waals surface area contributed by atoms with Gasteiger partial charge >= 0.3 is 12.2 Å². The predicted molar refractivity (Wildman–Crippen MR) is 43.3 cm³/mol. The molecule has 2 fully saturated rings. The number of rotatable bonds is 0. The third-order valence-electron chi connectivity index (χ3n) is 1.57. The lowest BCUT2D eigenvalue weighted by atomic mass is 10.7. The van der Waals surface area contributed by atoms with Crippen LogP contribution in [0.1, 0.15) is 0 Å². The molecule has 13 heavy (non-hydrogen) atoms. The fourth-order valence-electron chi connectivity index (χ4n) is 0.819. The van der Waals surface area contributed by atoms with E-state index in [-0.39, 0.29) is 12.2 Å². The summed E-state index contributed by atoms with van der Waals surface area (Å²) in [5, 5.41) is 2.46. The van der Waals surface area contributed by atoms with Crippen LogP contribution < -0.4 is 5.32 Å². The van der Waals surface area contributed by atoms with Crippen molar-refractivity contribution in [1.82, 2.24) is 10.2 Å². The molecule has 2 heterocycles. The van der Waals surface area contributed by atoms with Gasteiger partial charge in [0.05, 0.1) is 13.1 Å². The molecule has 0 spiro atoms. The monoisotopic (exact) mass is 188 g/mol. The van der Waals surface area contributed by atoms with Crippen LogP contribution in [0.15, 0.2) is 0 Å². The zero-order valence-corrected chi connectivity index (χ0v) is 7.41. The van der Waals surface area contributed by atoms with Crippen molar-refractivity contribution in [2.24, 2.45) is 0 Å². The highest BCUT2D eigenvalue weighted by molar-refractivity contribution is 5.69. The Morgan fingerprint density at radius 3 is 2.23 bits per heavy atom. The maximum atomic E-state index is 10.3. The summed E-state index contributed by atoms with van der Waals surface area (Å²) >= 11 is 0. The molecular formula is C7H12N2O4. The Kier molecular flexibility index (Phi) is 3.36. The van der Waals surface area contributed by atoms with Crippen molar-refractivity contribution in [2.45, 2.75) is 0 Å². The molecule has 1 N–H and O–H groups in total. The maximum Gasteiger partial charge on any atom is 0.409 e. The molecule has 0 aromatic heterocycles. The normalized spacial score (nSPS) is 19.9. The second-order valence-corrected chi connectivity index (χ2v) is 2.60. The number of carbonyl (C=O) groups excluding carboxylic acids is 2. The Bertz CT molecular complexity index is 199. The molecule has 0 saturated carbocycles. The molecule has 0 aromatic rings. The highest BCUT2D eigenvalue weighted by atomic mass is 16.6. The number of carbonyl (C=O) groups is 2. The van der Waals surface area contributed by atoms with Crippen molar-refractivity contribution in [3.05, 3.63) is 0 Å². The smallest absolute Gasteiger partial charge is 0.409 e. The van der Waals surface area contributed by atoms with Gasteiger partial charge in [0.15, 0.2) is 0 Å². The second kappa shape index (κ2) is 4.54. The topological polar surface area (TPSA) is 67.9 Å². The summed E-state index contributed by atoms with van der Waals surface area (Å²) in [5.74, 6) is 0. The van der Waals surface area contributed by atoms with E-state index in [4.69, 9.17) is 0 Å². The van der Waals surface area contributed by atoms with Crippen molar-refractivity contribution in [3.8, 4) is 0 Å². The van der Waals surface area contributed by atoms with Crippen LogP contribution in [-0.4, -0.2) is 50.4 Å². The first kappa shape index (κ1) is 9.63. The van der Waals surface area contributed by atoms with Crippen molar-refractivity contribution in [3.63, 3.8) is 0 Å². The van der Waals surface area contributed by atoms with E-state index in [1.165, 1.54) is 0 Å². The number of alkyl carbamates (subject to hydrolysis) is 1. The number of nitrogens with zero attached hydrogens (tertiary/aromatic N) is 1. The number of hydrogen-bond donors (Lipinski definition) is 1. The number of hydrogen-bond acceptors (Lipinski definition) is 4. The van der Waals surface area contributed by atoms with Crippen LogP contribution in [0.5, 0.6) is 0 Å². The molecule has 0 atom stereocenters. The third kappa shape index (κ3) is 3.18. The molecular weight excluding hydrogens is 176 g/mol. The van der Waals surface area contributed by atoms with Gasteiger partial charge in [-0.05, 0) is 0 Å². The van der Waals surface area contributed by atoms with E-state index in [2.05, 4.69) is 14.8 Å². The van der Waals surface area contributed by atoms with E-state index in [1.807, 2.05) is 0 Å². The first-order valence-electron chi connectivity index (χ1n) is 3.98. The lowest BCUT2D eigenvalue weighted by Crippen LogP contribution is -2.17. The van der Waals surface area contributed by atoms with Crippen LogP contribution in [0.2, 0.25) is 0 Å². The van der Waals surface area contributed by atoms with E-state index in [9.17, 15) is 9.59 Å². The Balaban J connectivity index is 0.000000132. The van der Waals surface area contributed by atoms with Gasteiger partial charge < -0.3 is 19.7 Å². The molecule has 0 radical (unpaired) electrons. The minimum absolute atomic E-state index is 0.208. The van der Waals surface area contributed by atoms with Crippen LogP contribution in [0.25, 0.3) is 0 Å². The van der Waals surface area contributed by atoms with E-state index in [0.29, 0.717) is 19.8 Å². The fourth-order valence-corrected chi connectivity index (χ4v) is 0.819.